The Morgan fingerprint density at radius 3 is 2.52 bits per heavy atom. The van der Waals surface area contributed by atoms with Crippen molar-refractivity contribution in [2.24, 2.45) is 0 Å². The monoisotopic (exact) mass is 302 g/mol. The standard InChI is InChI=1S/C14H17F3N2O2/c1-4-18(8-10(2)3)12(20)9-19-7-5-6-11(13(19)21)14(15,16)17/h5-7H,2,4,8-9H2,1,3H3. The number of alkyl halides is 3. The molecular formula is C14H17F3N2O2. The molecule has 0 saturated heterocycles. The minimum Gasteiger partial charge on any atom is -0.337 e. The molecule has 0 N–H and O–H groups in total. The molecule has 0 aliphatic rings. The summed E-state index contributed by atoms with van der Waals surface area (Å²) < 4.78 is 38.7. The first-order valence-electron chi connectivity index (χ1n) is 6.35. The van der Waals surface area contributed by atoms with E-state index in [2.05, 4.69) is 6.58 Å². The van der Waals surface area contributed by atoms with Gasteiger partial charge in [-0.25, -0.2) is 0 Å². The Bertz CT molecular complexity index is 591. The summed E-state index contributed by atoms with van der Waals surface area (Å²) >= 11 is 0. The molecule has 116 valence electrons. The van der Waals surface area contributed by atoms with Gasteiger partial charge in [-0.1, -0.05) is 12.2 Å². The van der Waals surface area contributed by atoms with Crippen LogP contribution in [0.15, 0.2) is 35.3 Å². The number of likely N-dealkylation sites (N-methyl/N-ethyl adjacent to an activating group) is 1. The molecule has 0 unspecified atom stereocenters. The molecule has 0 aromatic carbocycles. The second-order valence-corrected chi connectivity index (χ2v) is 4.72. The molecule has 1 rings (SSSR count). The van der Waals surface area contributed by atoms with Gasteiger partial charge in [0.25, 0.3) is 5.56 Å². The zero-order chi connectivity index (χ0) is 16.2. The fourth-order valence-corrected chi connectivity index (χ4v) is 1.82. The van der Waals surface area contributed by atoms with Crippen LogP contribution in [0.1, 0.15) is 19.4 Å². The molecule has 0 spiro atoms. The molecular weight excluding hydrogens is 285 g/mol. The second-order valence-electron chi connectivity index (χ2n) is 4.72. The number of nitrogens with zero attached hydrogens (tertiary/aromatic N) is 2. The molecule has 0 fully saturated rings. The molecule has 0 saturated carbocycles. The fraction of sp³-hybridized carbons (Fsp3) is 0.429. The summed E-state index contributed by atoms with van der Waals surface area (Å²) in [6.07, 6.45) is -3.56. The van der Waals surface area contributed by atoms with Crippen molar-refractivity contribution in [3.05, 3.63) is 46.4 Å². The van der Waals surface area contributed by atoms with Gasteiger partial charge in [0.05, 0.1) is 0 Å². The van der Waals surface area contributed by atoms with Gasteiger partial charge in [-0.05, 0) is 26.0 Å². The van der Waals surface area contributed by atoms with Crippen LogP contribution in [-0.4, -0.2) is 28.5 Å². The van der Waals surface area contributed by atoms with Gasteiger partial charge >= 0.3 is 6.18 Å². The van der Waals surface area contributed by atoms with E-state index in [1.54, 1.807) is 13.8 Å². The van der Waals surface area contributed by atoms with Crippen molar-refractivity contribution in [1.82, 2.24) is 9.47 Å². The molecule has 21 heavy (non-hydrogen) atoms. The highest BCUT2D eigenvalue weighted by Crippen LogP contribution is 2.25. The third-order valence-electron chi connectivity index (χ3n) is 2.83. The average Bonchev–Trinajstić information content (AvgIpc) is 2.36. The number of aromatic nitrogens is 1. The molecule has 0 aliphatic heterocycles. The summed E-state index contributed by atoms with van der Waals surface area (Å²) in [5.74, 6) is -0.429. The van der Waals surface area contributed by atoms with Gasteiger partial charge in [0.1, 0.15) is 12.1 Å². The minimum atomic E-state index is -4.73. The second kappa shape index (κ2) is 6.60. The van der Waals surface area contributed by atoms with E-state index < -0.39 is 29.8 Å². The van der Waals surface area contributed by atoms with Gasteiger partial charge in [0.2, 0.25) is 5.91 Å². The van der Waals surface area contributed by atoms with Gasteiger partial charge in [-0.15, -0.1) is 0 Å². The molecule has 0 atom stereocenters. The van der Waals surface area contributed by atoms with E-state index in [0.717, 1.165) is 16.2 Å². The zero-order valence-electron chi connectivity index (χ0n) is 11.9. The molecule has 0 radical (unpaired) electrons. The molecule has 4 nitrogen and oxygen atoms in total. The van der Waals surface area contributed by atoms with Gasteiger partial charge in [-0.2, -0.15) is 13.2 Å². The summed E-state index contributed by atoms with van der Waals surface area (Å²) in [6.45, 7) is 7.44. The maximum Gasteiger partial charge on any atom is 0.421 e. The lowest BCUT2D eigenvalue weighted by Crippen LogP contribution is -2.38. The van der Waals surface area contributed by atoms with Crippen LogP contribution in [0.25, 0.3) is 0 Å². The molecule has 0 aliphatic carbocycles. The largest absolute Gasteiger partial charge is 0.421 e. The van der Waals surface area contributed by atoms with Crippen molar-refractivity contribution in [2.75, 3.05) is 13.1 Å². The van der Waals surface area contributed by atoms with Crippen molar-refractivity contribution >= 4 is 5.91 Å². The SMILES string of the molecule is C=C(C)CN(CC)C(=O)Cn1cccc(C(F)(F)F)c1=O. The van der Waals surface area contributed by atoms with E-state index in [1.165, 1.54) is 11.1 Å². The number of pyridine rings is 1. The van der Waals surface area contributed by atoms with Crippen molar-refractivity contribution in [3.63, 3.8) is 0 Å². The minimum absolute atomic E-state index is 0.309. The number of amides is 1. The lowest BCUT2D eigenvalue weighted by molar-refractivity contribution is -0.139. The maximum atomic E-state index is 12.6. The summed E-state index contributed by atoms with van der Waals surface area (Å²) in [6, 6.07) is 1.81. The predicted octanol–water partition coefficient (Wildman–Crippen LogP) is 2.29. The molecule has 1 amide bonds. The van der Waals surface area contributed by atoms with Crippen LogP contribution in [0.4, 0.5) is 13.2 Å². The van der Waals surface area contributed by atoms with E-state index >= 15 is 0 Å². The van der Waals surface area contributed by atoms with E-state index in [0.29, 0.717) is 19.2 Å². The Morgan fingerprint density at radius 1 is 1.43 bits per heavy atom. The normalized spacial score (nSPS) is 11.3. The Balaban J connectivity index is 3.01. The van der Waals surface area contributed by atoms with Crippen molar-refractivity contribution in [3.8, 4) is 0 Å². The molecule has 0 bridgehead atoms. The Kier molecular flexibility index (Phi) is 5.34. The van der Waals surface area contributed by atoms with Gasteiger partial charge in [0, 0.05) is 19.3 Å². The Labute approximate surface area is 120 Å². The first kappa shape index (κ1) is 17.0. The molecule has 1 aromatic rings. The van der Waals surface area contributed by atoms with Crippen LogP contribution in [0.2, 0.25) is 0 Å². The van der Waals surface area contributed by atoms with Gasteiger partial charge in [-0.3, -0.25) is 9.59 Å². The topological polar surface area (TPSA) is 42.3 Å². The van der Waals surface area contributed by atoms with Gasteiger partial charge in [0.15, 0.2) is 0 Å². The van der Waals surface area contributed by atoms with Crippen LogP contribution in [0, 0.1) is 0 Å². The molecule has 1 heterocycles. The third kappa shape index (κ3) is 4.47. The van der Waals surface area contributed by atoms with Gasteiger partial charge < -0.3 is 9.47 Å². The number of carbonyl (C=O) groups is 1. The van der Waals surface area contributed by atoms with Crippen molar-refractivity contribution in [2.45, 2.75) is 26.6 Å². The predicted molar refractivity (Wildman–Crippen MR) is 72.8 cm³/mol. The Hall–Kier alpha value is -2.05. The van der Waals surface area contributed by atoms with Crippen LogP contribution in [0.5, 0.6) is 0 Å². The smallest absolute Gasteiger partial charge is 0.337 e. The van der Waals surface area contributed by atoms with Crippen molar-refractivity contribution in [1.29, 1.82) is 0 Å². The Morgan fingerprint density at radius 2 is 2.05 bits per heavy atom. The first-order chi connectivity index (χ1) is 9.66. The highest BCUT2D eigenvalue weighted by atomic mass is 19.4. The quantitative estimate of drug-likeness (QED) is 0.783. The van der Waals surface area contributed by atoms with Crippen LogP contribution in [0.3, 0.4) is 0 Å². The lowest BCUT2D eigenvalue weighted by Gasteiger charge is -2.21. The number of rotatable bonds is 5. The van der Waals surface area contributed by atoms with Crippen LogP contribution in [-0.2, 0) is 17.5 Å². The van der Waals surface area contributed by atoms with Crippen molar-refractivity contribution < 1.29 is 18.0 Å². The number of carbonyl (C=O) groups excluding carboxylic acids is 1. The molecule has 7 heteroatoms. The van der Waals surface area contributed by atoms with Crippen LogP contribution < -0.4 is 5.56 Å². The van der Waals surface area contributed by atoms with Crippen LogP contribution >= 0.6 is 0 Å². The highest BCUT2D eigenvalue weighted by molar-refractivity contribution is 5.76. The molecule has 1 aromatic heterocycles. The number of hydrogen-bond acceptors (Lipinski definition) is 2. The van der Waals surface area contributed by atoms with E-state index in [4.69, 9.17) is 0 Å². The van der Waals surface area contributed by atoms with E-state index in [9.17, 15) is 22.8 Å². The summed E-state index contributed by atoms with van der Waals surface area (Å²) in [5.41, 5.74) is -1.74. The van der Waals surface area contributed by atoms with E-state index in [1.807, 2.05) is 0 Å². The first-order valence-corrected chi connectivity index (χ1v) is 6.35. The maximum absolute atomic E-state index is 12.6. The summed E-state index contributed by atoms with van der Waals surface area (Å²) in [7, 11) is 0. The summed E-state index contributed by atoms with van der Waals surface area (Å²) in [4.78, 5) is 25.2. The zero-order valence-corrected chi connectivity index (χ0v) is 11.9. The van der Waals surface area contributed by atoms with E-state index in [-0.39, 0.29) is 0 Å². The highest BCUT2D eigenvalue weighted by Gasteiger charge is 2.34. The summed E-state index contributed by atoms with van der Waals surface area (Å²) in [5, 5.41) is 0. The average molecular weight is 302 g/mol. The number of hydrogen-bond donors (Lipinski definition) is 0. The third-order valence-corrected chi connectivity index (χ3v) is 2.83. The number of halogens is 3. The fourth-order valence-electron chi connectivity index (χ4n) is 1.82. The lowest BCUT2D eigenvalue weighted by atomic mass is 10.2.